The Labute approximate surface area is 418 Å². The molecule has 3 aromatic carbocycles. The number of piperazine rings is 1. The summed E-state index contributed by atoms with van der Waals surface area (Å²) in [7, 11) is -0.963. The highest BCUT2D eigenvalue weighted by atomic mass is 79.9. The first-order chi connectivity index (χ1) is 34.0. The zero-order valence-corrected chi connectivity index (χ0v) is 42.2. The van der Waals surface area contributed by atoms with Crippen LogP contribution < -0.4 is 35.8 Å². The summed E-state index contributed by atoms with van der Waals surface area (Å²) in [6.45, 7) is 8.34. The van der Waals surface area contributed by atoms with Gasteiger partial charge in [0.2, 0.25) is 23.7 Å². The standard InChI is InChI=1S/C50H56BrF3N11O5P/c1-61-27-30(25-56-61)36-23-41(58-50-55-26-37(51)47(60-50)57-40-8-4-31(52)20-44(40)71(2,3)69)43(70-34-5-6-34)24-42(36)63-14-11-32(12-15-63)62-16-18-64(19-17-62)49(68)29-10-13-65(28-29)33-21-38(53)46(39(54)22-33)35-7-9-45(66)59-48(35)67/h4,8,20-27,29,32,34-35H,5-7,9-19,28H2,1-3H3,(H,59,66,67)(H2,55,57,58,60)/t29-,35?/m0/s1. The molecular formula is C50H56BrF3N11O5P. The van der Waals surface area contributed by atoms with Gasteiger partial charge in [-0.3, -0.25) is 29.3 Å². The van der Waals surface area contributed by atoms with Crippen LogP contribution in [0.3, 0.4) is 0 Å². The summed E-state index contributed by atoms with van der Waals surface area (Å²) in [6, 6.07) is 11.1. The number of halogens is 4. The largest absolute Gasteiger partial charge is 0.488 e. The SMILES string of the molecule is Cn1cc(-c2cc(Nc3ncc(Br)c(Nc4ccc(F)cc4P(C)(C)=O)n3)c(OC3CC3)cc2N2CCC(N3CCN(C(=O)[C@H]4CCN(c5cc(F)c(C6CCC(=O)NC6=O)c(F)c5)C4)CC3)CC2)cn1. The Kier molecular flexibility index (Phi) is 13.6. The smallest absolute Gasteiger partial charge is 0.234 e. The molecule has 10 rings (SSSR count). The van der Waals surface area contributed by atoms with E-state index in [1.807, 2.05) is 29.2 Å². The maximum absolute atomic E-state index is 15.4. The van der Waals surface area contributed by atoms with Gasteiger partial charge in [-0.25, -0.2) is 18.2 Å². The summed E-state index contributed by atoms with van der Waals surface area (Å²) in [5.74, 6) is -3.23. The van der Waals surface area contributed by atoms with Crippen molar-refractivity contribution in [1.82, 2.24) is 34.9 Å². The number of nitrogens with zero attached hydrogens (tertiary/aromatic N) is 8. The Bertz CT molecular complexity index is 2910. The number of nitrogens with one attached hydrogen (secondary N) is 3. The molecule has 1 saturated carbocycles. The van der Waals surface area contributed by atoms with Crippen LogP contribution in [0.5, 0.6) is 5.75 Å². The van der Waals surface area contributed by atoms with Crippen LogP contribution in [0, 0.1) is 23.4 Å². The molecule has 374 valence electrons. The summed E-state index contributed by atoms with van der Waals surface area (Å²) in [6.07, 6.45) is 9.95. The molecule has 0 radical (unpaired) electrons. The monoisotopic (exact) mass is 1060 g/mol. The van der Waals surface area contributed by atoms with Gasteiger partial charge in [-0.1, -0.05) is 0 Å². The van der Waals surface area contributed by atoms with E-state index >= 15 is 8.78 Å². The van der Waals surface area contributed by atoms with Gasteiger partial charge in [-0.15, -0.1) is 0 Å². The van der Waals surface area contributed by atoms with E-state index in [1.165, 1.54) is 24.3 Å². The molecule has 16 nitrogen and oxygen atoms in total. The molecule has 5 aliphatic rings. The molecule has 3 N–H and O–H groups in total. The van der Waals surface area contributed by atoms with Crippen LogP contribution in [0.4, 0.5) is 47.7 Å². The minimum atomic E-state index is -2.85. The molecule has 4 aliphatic heterocycles. The number of aryl methyl sites for hydroxylation is 1. The third-order valence-corrected chi connectivity index (χ3v) is 16.3. The number of hydrogen-bond donors (Lipinski definition) is 3. The van der Waals surface area contributed by atoms with Gasteiger partial charge in [-0.2, -0.15) is 10.1 Å². The first kappa shape index (κ1) is 48.6. The van der Waals surface area contributed by atoms with Gasteiger partial charge < -0.3 is 34.6 Å². The van der Waals surface area contributed by atoms with Crippen LogP contribution in [0.2, 0.25) is 0 Å². The maximum Gasteiger partial charge on any atom is 0.234 e. The van der Waals surface area contributed by atoms with Crippen molar-refractivity contribution in [2.45, 2.75) is 63.0 Å². The first-order valence-corrected chi connectivity index (χ1v) is 27.5. The Morgan fingerprint density at radius 3 is 2.27 bits per heavy atom. The minimum absolute atomic E-state index is 0.0183. The van der Waals surface area contributed by atoms with Crippen LogP contribution >= 0.6 is 23.1 Å². The molecule has 21 heteroatoms. The first-order valence-electron chi connectivity index (χ1n) is 24.2. The predicted octanol–water partition coefficient (Wildman–Crippen LogP) is 7.49. The molecule has 4 saturated heterocycles. The third-order valence-electron chi connectivity index (χ3n) is 14.2. The van der Waals surface area contributed by atoms with Crippen molar-refractivity contribution in [3.63, 3.8) is 0 Å². The number of amides is 3. The average molecular weight is 1060 g/mol. The van der Waals surface area contributed by atoms with E-state index in [1.54, 1.807) is 30.3 Å². The molecule has 2 atom stereocenters. The fraction of sp³-hybridized carbons (Fsp3) is 0.440. The van der Waals surface area contributed by atoms with Crippen molar-refractivity contribution < 1.29 is 36.9 Å². The number of carbonyl (C=O) groups is 3. The maximum atomic E-state index is 15.4. The lowest BCUT2D eigenvalue weighted by Crippen LogP contribution is -2.55. The van der Waals surface area contributed by atoms with Crippen LogP contribution in [-0.2, 0) is 26.0 Å². The summed E-state index contributed by atoms with van der Waals surface area (Å²) in [5.41, 5.74) is 4.09. The van der Waals surface area contributed by atoms with Gasteiger partial charge in [0.15, 0.2) is 0 Å². The third kappa shape index (κ3) is 10.7. The Hall–Kier alpha value is -5.98. The topological polar surface area (TPSA) is 170 Å². The summed E-state index contributed by atoms with van der Waals surface area (Å²) < 4.78 is 67.0. The van der Waals surface area contributed by atoms with Gasteiger partial charge >= 0.3 is 0 Å². The minimum Gasteiger partial charge on any atom is -0.488 e. The molecule has 1 unspecified atom stereocenters. The Morgan fingerprint density at radius 2 is 1.59 bits per heavy atom. The van der Waals surface area contributed by atoms with E-state index in [9.17, 15) is 23.3 Å². The zero-order chi connectivity index (χ0) is 49.7. The van der Waals surface area contributed by atoms with Crippen LogP contribution in [0.1, 0.15) is 56.4 Å². The van der Waals surface area contributed by atoms with Crippen molar-refractivity contribution in [1.29, 1.82) is 0 Å². The number of carbonyl (C=O) groups excluding carboxylic acids is 3. The summed E-state index contributed by atoms with van der Waals surface area (Å²) in [5, 5.41) is 13.7. The number of piperidine rings is 2. The quantitative estimate of drug-likeness (QED) is 0.0784. The highest BCUT2D eigenvalue weighted by Crippen LogP contribution is 2.44. The number of ether oxygens (including phenoxy) is 1. The van der Waals surface area contributed by atoms with E-state index < -0.39 is 42.3 Å². The van der Waals surface area contributed by atoms with E-state index in [0.717, 1.165) is 68.7 Å². The highest BCUT2D eigenvalue weighted by Gasteiger charge is 2.38. The van der Waals surface area contributed by atoms with Crippen molar-refractivity contribution in [2.24, 2.45) is 13.0 Å². The van der Waals surface area contributed by atoms with E-state index in [2.05, 4.69) is 63.9 Å². The Balaban J connectivity index is 0.790. The molecule has 0 spiro atoms. The van der Waals surface area contributed by atoms with Gasteiger partial charge in [0, 0.05) is 124 Å². The summed E-state index contributed by atoms with van der Waals surface area (Å²) >= 11 is 3.54. The highest BCUT2D eigenvalue weighted by molar-refractivity contribution is 9.10. The molecule has 5 aromatic rings. The van der Waals surface area contributed by atoms with Crippen molar-refractivity contribution in [3.05, 3.63) is 88.5 Å². The fourth-order valence-corrected chi connectivity index (χ4v) is 11.7. The van der Waals surface area contributed by atoms with Gasteiger partial charge in [0.05, 0.1) is 40.0 Å². The van der Waals surface area contributed by atoms with Crippen molar-refractivity contribution >= 4 is 80.6 Å². The van der Waals surface area contributed by atoms with Gasteiger partial charge in [-0.05, 0) is 104 Å². The molecule has 1 aliphatic carbocycles. The van der Waals surface area contributed by atoms with E-state index in [4.69, 9.17) is 9.72 Å². The number of aromatic nitrogens is 4. The average Bonchev–Trinajstić information content (AvgIpc) is 3.82. The summed E-state index contributed by atoms with van der Waals surface area (Å²) in [4.78, 5) is 55.8. The normalized spacial score (nSPS) is 20.4. The number of hydrogen-bond acceptors (Lipinski definition) is 13. The molecule has 2 aromatic heterocycles. The molecule has 3 amide bonds. The van der Waals surface area contributed by atoms with Gasteiger partial charge in [0.25, 0.3) is 0 Å². The predicted molar refractivity (Wildman–Crippen MR) is 269 cm³/mol. The number of rotatable bonds is 13. The van der Waals surface area contributed by atoms with Crippen LogP contribution in [0.15, 0.2) is 65.5 Å². The lowest BCUT2D eigenvalue weighted by atomic mass is 9.89. The van der Waals surface area contributed by atoms with Crippen LogP contribution in [-0.4, -0.2) is 125 Å². The molecule has 0 bridgehead atoms. The zero-order valence-electron chi connectivity index (χ0n) is 39.8. The van der Waals surface area contributed by atoms with Gasteiger partial charge in [0.1, 0.15) is 36.2 Å². The molecule has 5 fully saturated rings. The second kappa shape index (κ2) is 19.9. The fourth-order valence-electron chi connectivity index (χ4n) is 10.3. The second-order valence-electron chi connectivity index (χ2n) is 19.6. The number of benzene rings is 3. The molecule has 71 heavy (non-hydrogen) atoms. The van der Waals surface area contributed by atoms with Crippen LogP contribution in [0.25, 0.3) is 11.1 Å². The second-order valence-corrected chi connectivity index (χ2v) is 23.6. The van der Waals surface area contributed by atoms with E-state index in [0.29, 0.717) is 77.0 Å². The number of imide groups is 1. The lowest BCUT2D eigenvalue weighted by molar-refractivity contribution is -0.137. The lowest BCUT2D eigenvalue weighted by Gasteiger charge is -2.44. The Morgan fingerprint density at radius 1 is 0.859 bits per heavy atom. The molecule has 6 heterocycles. The number of anilines is 6. The van der Waals surface area contributed by atoms with E-state index in [-0.39, 0.29) is 42.3 Å². The molecular weight excluding hydrogens is 1000 g/mol. The van der Waals surface area contributed by atoms with Crippen molar-refractivity contribution in [2.75, 3.05) is 86.1 Å². The van der Waals surface area contributed by atoms with Crippen molar-refractivity contribution in [3.8, 4) is 16.9 Å².